The van der Waals surface area contributed by atoms with Crippen LogP contribution in [0.1, 0.15) is 21.5 Å². The van der Waals surface area contributed by atoms with Crippen molar-refractivity contribution in [1.29, 1.82) is 0 Å². The van der Waals surface area contributed by atoms with Gasteiger partial charge < -0.3 is 5.32 Å². The Kier molecular flexibility index (Phi) is 4.03. The maximum Gasteiger partial charge on any atom is 0.416 e. The van der Waals surface area contributed by atoms with Gasteiger partial charge >= 0.3 is 6.18 Å². The van der Waals surface area contributed by atoms with E-state index in [9.17, 15) is 22.8 Å². The van der Waals surface area contributed by atoms with Gasteiger partial charge in [-0.2, -0.15) is 13.2 Å². The van der Waals surface area contributed by atoms with Gasteiger partial charge in [-0.1, -0.05) is 6.07 Å². The largest absolute Gasteiger partial charge is 0.416 e. The highest BCUT2D eigenvalue weighted by atomic mass is 19.4. The van der Waals surface area contributed by atoms with E-state index in [1.54, 1.807) is 12.1 Å². The Hall–Kier alpha value is -3.16. The van der Waals surface area contributed by atoms with Crippen molar-refractivity contribution in [3.05, 3.63) is 75.8 Å². The van der Waals surface area contributed by atoms with Crippen LogP contribution in [0.4, 0.5) is 18.9 Å². The molecular weight excluding hydrogens is 335 g/mol. The standard InChI is InChI=1S/C17H12F3N3O2/c1-10-5-6-23-14(7-10)21-9-13(16(23)25)15(24)22-12-4-2-3-11(8-12)17(18,19)20/h2-9H,1H3,(H,22,24). The number of carbonyl (C=O) groups is 1. The van der Waals surface area contributed by atoms with Crippen molar-refractivity contribution >= 4 is 17.2 Å². The van der Waals surface area contributed by atoms with Gasteiger partial charge in [0, 0.05) is 18.1 Å². The second kappa shape index (κ2) is 6.04. The van der Waals surface area contributed by atoms with E-state index in [-0.39, 0.29) is 11.3 Å². The summed E-state index contributed by atoms with van der Waals surface area (Å²) in [6.07, 6.45) is -1.93. The molecule has 0 aliphatic carbocycles. The number of benzene rings is 1. The predicted molar refractivity (Wildman–Crippen MR) is 85.6 cm³/mol. The number of amides is 1. The molecule has 0 saturated carbocycles. The highest BCUT2D eigenvalue weighted by molar-refractivity contribution is 6.03. The second-order valence-electron chi connectivity index (χ2n) is 5.44. The smallest absolute Gasteiger partial charge is 0.322 e. The van der Waals surface area contributed by atoms with Crippen LogP contribution in [0, 0.1) is 6.92 Å². The third-order valence-electron chi connectivity index (χ3n) is 3.56. The lowest BCUT2D eigenvalue weighted by atomic mass is 10.2. The lowest BCUT2D eigenvalue weighted by Gasteiger charge is -2.10. The van der Waals surface area contributed by atoms with E-state index >= 15 is 0 Å². The van der Waals surface area contributed by atoms with Gasteiger partial charge in [-0.15, -0.1) is 0 Å². The maximum atomic E-state index is 12.7. The molecule has 25 heavy (non-hydrogen) atoms. The zero-order valence-corrected chi connectivity index (χ0v) is 13.0. The van der Waals surface area contributed by atoms with Crippen LogP contribution < -0.4 is 10.9 Å². The summed E-state index contributed by atoms with van der Waals surface area (Å²) in [5.74, 6) is -0.827. The third-order valence-corrected chi connectivity index (χ3v) is 3.56. The molecule has 0 bridgehead atoms. The van der Waals surface area contributed by atoms with Crippen molar-refractivity contribution in [2.75, 3.05) is 5.32 Å². The molecule has 0 aliphatic heterocycles. The van der Waals surface area contributed by atoms with Crippen molar-refractivity contribution in [2.24, 2.45) is 0 Å². The van der Waals surface area contributed by atoms with Crippen LogP contribution in [-0.4, -0.2) is 15.3 Å². The van der Waals surface area contributed by atoms with Crippen LogP contribution in [0.2, 0.25) is 0 Å². The summed E-state index contributed by atoms with van der Waals surface area (Å²) in [6.45, 7) is 1.83. The number of halogens is 3. The van der Waals surface area contributed by atoms with E-state index in [4.69, 9.17) is 0 Å². The van der Waals surface area contributed by atoms with E-state index in [1.807, 2.05) is 6.92 Å². The monoisotopic (exact) mass is 347 g/mol. The molecule has 8 heteroatoms. The summed E-state index contributed by atoms with van der Waals surface area (Å²) in [7, 11) is 0. The molecule has 3 rings (SSSR count). The molecule has 0 spiro atoms. The number of nitrogens with zero attached hydrogens (tertiary/aromatic N) is 2. The van der Waals surface area contributed by atoms with Gasteiger partial charge in [-0.25, -0.2) is 4.98 Å². The van der Waals surface area contributed by atoms with Gasteiger partial charge in [0.2, 0.25) is 0 Å². The number of rotatable bonds is 2. The van der Waals surface area contributed by atoms with Crippen LogP contribution in [-0.2, 0) is 6.18 Å². The topological polar surface area (TPSA) is 63.5 Å². The minimum atomic E-state index is -4.53. The molecule has 0 atom stereocenters. The Morgan fingerprint density at radius 1 is 1.20 bits per heavy atom. The van der Waals surface area contributed by atoms with Crippen LogP contribution in [0.25, 0.3) is 5.65 Å². The lowest BCUT2D eigenvalue weighted by molar-refractivity contribution is -0.137. The average Bonchev–Trinajstić information content (AvgIpc) is 2.54. The Morgan fingerprint density at radius 3 is 2.68 bits per heavy atom. The molecule has 0 aliphatic rings. The SMILES string of the molecule is Cc1ccn2c(=O)c(C(=O)Nc3cccc(C(F)(F)F)c3)cnc2c1. The van der Waals surface area contributed by atoms with E-state index in [0.29, 0.717) is 5.65 Å². The maximum absolute atomic E-state index is 12.7. The van der Waals surface area contributed by atoms with Gasteiger partial charge in [0.05, 0.1) is 5.56 Å². The number of nitrogens with one attached hydrogen (secondary N) is 1. The second-order valence-corrected chi connectivity index (χ2v) is 5.44. The van der Waals surface area contributed by atoms with E-state index in [1.165, 1.54) is 22.7 Å². The van der Waals surface area contributed by atoms with E-state index < -0.39 is 23.2 Å². The predicted octanol–water partition coefficient (Wildman–Crippen LogP) is 3.27. The Morgan fingerprint density at radius 2 is 1.96 bits per heavy atom. The van der Waals surface area contributed by atoms with Crippen molar-refractivity contribution in [3.63, 3.8) is 0 Å². The highest BCUT2D eigenvalue weighted by Gasteiger charge is 2.30. The Labute approximate surface area is 139 Å². The molecule has 3 aromatic rings. The summed E-state index contributed by atoms with van der Waals surface area (Å²) in [6, 6.07) is 7.54. The molecule has 5 nitrogen and oxygen atoms in total. The molecule has 2 heterocycles. The summed E-state index contributed by atoms with van der Waals surface area (Å²) >= 11 is 0. The zero-order valence-electron chi connectivity index (χ0n) is 13.0. The summed E-state index contributed by atoms with van der Waals surface area (Å²) in [5.41, 5.74) is -0.552. The summed E-state index contributed by atoms with van der Waals surface area (Å²) in [4.78, 5) is 28.7. The van der Waals surface area contributed by atoms with Gasteiger partial charge in [0.1, 0.15) is 11.2 Å². The molecule has 1 amide bonds. The lowest BCUT2D eigenvalue weighted by Crippen LogP contribution is -2.26. The van der Waals surface area contributed by atoms with Crippen molar-refractivity contribution < 1.29 is 18.0 Å². The molecular formula is C17H12F3N3O2. The van der Waals surface area contributed by atoms with Gasteiger partial charge in [-0.3, -0.25) is 14.0 Å². The minimum Gasteiger partial charge on any atom is -0.322 e. The molecule has 0 radical (unpaired) electrons. The van der Waals surface area contributed by atoms with Gasteiger partial charge in [-0.05, 0) is 42.8 Å². The first-order valence-electron chi connectivity index (χ1n) is 7.22. The average molecular weight is 347 g/mol. The molecule has 1 N–H and O–H groups in total. The molecule has 128 valence electrons. The fraction of sp³-hybridized carbons (Fsp3) is 0.118. The Balaban J connectivity index is 1.94. The minimum absolute atomic E-state index is 0.0618. The highest BCUT2D eigenvalue weighted by Crippen LogP contribution is 2.30. The normalized spacial score (nSPS) is 11.5. The quantitative estimate of drug-likeness (QED) is 0.774. The first kappa shape index (κ1) is 16.7. The third kappa shape index (κ3) is 3.37. The number of hydrogen-bond acceptors (Lipinski definition) is 3. The van der Waals surface area contributed by atoms with Crippen molar-refractivity contribution in [3.8, 4) is 0 Å². The van der Waals surface area contributed by atoms with Crippen LogP contribution >= 0.6 is 0 Å². The number of hydrogen-bond donors (Lipinski definition) is 1. The number of alkyl halides is 3. The van der Waals surface area contributed by atoms with E-state index in [2.05, 4.69) is 10.3 Å². The number of pyridine rings is 1. The number of anilines is 1. The van der Waals surface area contributed by atoms with Crippen LogP contribution in [0.5, 0.6) is 0 Å². The molecule has 0 saturated heterocycles. The van der Waals surface area contributed by atoms with E-state index in [0.717, 1.165) is 23.9 Å². The molecule has 0 unspecified atom stereocenters. The summed E-state index contributed by atoms with van der Waals surface area (Å²) in [5, 5.41) is 2.30. The zero-order chi connectivity index (χ0) is 18.2. The Bertz CT molecular complexity index is 1030. The molecule has 0 fully saturated rings. The first-order chi connectivity index (χ1) is 11.8. The fourth-order valence-corrected chi connectivity index (χ4v) is 2.30. The fourth-order valence-electron chi connectivity index (χ4n) is 2.30. The van der Waals surface area contributed by atoms with Crippen LogP contribution in [0.15, 0.2) is 53.6 Å². The number of fused-ring (bicyclic) bond motifs is 1. The van der Waals surface area contributed by atoms with Gasteiger partial charge in [0.15, 0.2) is 0 Å². The first-order valence-corrected chi connectivity index (χ1v) is 7.22. The van der Waals surface area contributed by atoms with Crippen molar-refractivity contribution in [2.45, 2.75) is 13.1 Å². The molecule has 2 aromatic heterocycles. The number of aryl methyl sites for hydroxylation is 1. The van der Waals surface area contributed by atoms with Crippen molar-refractivity contribution in [1.82, 2.24) is 9.38 Å². The number of aromatic nitrogens is 2. The van der Waals surface area contributed by atoms with Gasteiger partial charge in [0.25, 0.3) is 11.5 Å². The molecule has 1 aromatic carbocycles. The van der Waals surface area contributed by atoms with Crippen LogP contribution in [0.3, 0.4) is 0 Å². The summed E-state index contributed by atoms with van der Waals surface area (Å²) < 4.78 is 39.4. The number of carbonyl (C=O) groups excluding carboxylic acids is 1.